The summed E-state index contributed by atoms with van der Waals surface area (Å²) in [5.74, 6) is 1.21. The Morgan fingerprint density at radius 2 is 1.79 bits per heavy atom. The van der Waals surface area contributed by atoms with Gasteiger partial charge in [0.1, 0.15) is 12.4 Å². The quantitative estimate of drug-likeness (QED) is 0.416. The monoisotopic (exact) mass is 531 g/mol. The molecule has 0 bridgehead atoms. The maximum atomic E-state index is 13.9. The van der Waals surface area contributed by atoms with Crippen molar-refractivity contribution in [2.24, 2.45) is 5.41 Å². The van der Waals surface area contributed by atoms with E-state index < -0.39 is 5.41 Å². The van der Waals surface area contributed by atoms with Gasteiger partial charge >= 0.3 is 0 Å². The number of aromatic nitrogens is 1. The minimum Gasteiger partial charge on any atom is -0.491 e. The van der Waals surface area contributed by atoms with E-state index in [0.717, 1.165) is 47.7 Å². The summed E-state index contributed by atoms with van der Waals surface area (Å²) in [5, 5.41) is 3.07. The van der Waals surface area contributed by atoms with Crippen LogP contribution in [0.5, 0.6) is 5.75 Å². The summed E-state index contributed by atoms with van der Waals surface area (Å²) < 4.78 is 6.10. The predicted molar refractivity (Wildman–Crippen MR) is 152 cm³/mol. The van der Waals surface area contributed by atoms with Crippen molar-refractivity contribution in [1.82, 2.24) is 14.8 Å². The first-order valence-corrected chi connectivity index (χ1v) is 14.7. The number of aryl methyl sites for hydroxylation is 2. The van der Waals surface area contributed by atoms with Gasteiger partial charge in [-0.1, -0.05) is 36.8 Å². The van der Waals surface area contributed by atoms with Crippen LogP contribution in [0.4, 0.5) is 0 Å². The number of para-hydroxylation sites is 1. The molecular weight excluding hydrogens is 494 g/mol. The van der Waals surface area contributed by atoms with Crippen LogP contribution >= 0.6 is 11.3 Å². The SMILES string of the molecule is CCN1CCOc2ccccc2CCCCC2(CCN(C(=O)c3ccc(-c4csc(C)n4)cc3)CC2)C1=O. The number of fused-ring (bicyclic) bond motifs is 1. The van der Waals surface area contributed by atoms with Gasteiger partial charge in [0.25, 0.3) is 5.91 Å². The van der Waals surface area contributed by atoms with Gasteiger partial charge in [-0.15, -0.1) is 11.3 Å². The molecule has 0 radical (unpaired) electrons. The molecule has 0 aliphatic carbocycles. The molecule has 1 fully saturated rings. The first kappa shape index (κ1) is 26.4. The van der Waals surface area contributed by atoms with E-state index in [2.05, 4.69) is 17.1 Å². The van der Waals surface area contributed by atoms with Crippen molar-refractivity contribution in [3.05, 3.63) is 70.0 Å². The van der Waals surface area contributed by atoms with E-state index in [9.17, 15) is 9.59 Å². The lowest BCUT2D eigenvalue weighted by molar-refractivity contribution is -0.145. The topological polar surface area (TPSA) is 62.7 Å². The van der Waals surface area contributed by atoms with E-state index in [1.54, 1.807) is 11.3 Å². The summed E-state index contributed by atoms with van der Waals surface area (Å²) in [6, 6.07) is 16.0. The van der Waals surface area contributed by atoms with Crippen molar-refractivity contribution >= 4 is 23.2 Å². The lowest BCUT2D eigenvalue weighted by Crippen LogP contribution is -2.52. The fourth-order valence-electron chi connectivity index (χ4n) is 5.81. The van der Waals surface area contributed by atoms with E-state index in [4.69, 9.17) is 4.74 Å². The number of hydrogen-bond acceptors (Lipinski definition) is 5. The fraction of sp³-hybridized carbons (Fsp3) is 0.452. The molecule has 6 nitrogen and oxygen atoms in total. The third-order valence-electron chi connectivity index (χ3n) is 8.12. The smallest absolute Gasteiger partial charge is 0.253 e. The lowest BCUT2D eigenvalue weighted by atomic mass is 9.73. The number of likely N-dealkylation sites (tertiary alicyclic amines) is 1. The molecule has 0 N–H and O–H groups in total. The summed E-state index contributed by atoms with van der Waals surface area (Å²) in [4.78, 5) is 35.7. The molecule has 3 aromatic rings. The number of ether oxygens (including phenoxy) is 1. The maximum absolute atomic E-state index is 13.9. The molecule has 7 heteroatoms. The molecule has 38 heavy (non-hydrogen) atoms. The van der Waals surface area contributed by atoms with Crippen LogP contribution in [0.2, 0.25) is 0 Å². The number of amides is 2. The number of thiazole rings is 1. The molecule has 0 atom stereocenters. The number of nitrogens with zero attached hydrogens (tertiary/aromatic N) is 3. The Balaban J connectivity index is 1.27. The van der Waals surface area contributed by atoms with Crippen molar-refractivity contribution < 1.29 is 14.3 Å². The highest BCUT2D eigenvalue weighted by atomic mass is 32.1. The van der Waals surface area contributed by atoms with E-state index >= 15 is 0 Å². The third-order valence-corrected chi connectivity index (χ3v) is 8.89. The largest absolute Gasteiger partial charge is 0.491 e. The molecule has 5 rings (SSSR count). The third kappa shape index (κ3) is 5.63. The number of benzene rings is 2. The van der Waals surface area contributed by atoms with Gasteiger partial charge in [0.2, 0.25) is 5.91 Å². The number of likely N-dealkylation sites (N-methyl/N-ethyl adjacent to an activating group) is 1. The van der Waals surface area contributed by atoms with Crippen LogP contribution in [-0.2, 0) is 11.2 Å². The van der Waals surface area contributed by atoms with Crippen molar-refractivity contribution in [3.63, 3.8) is 0 Å². The summed E-state index contributed by atoms with van der Waals surface area (Å²) in [6.45, 7) is 6.99. The van der Waals surface area contributed by atoms with Gasteiger partial charge in [-0.2, -0.15) is 0 Å². The zero-order valence-electron chi connectivity index (χ0n) is 22.4. The summed E-state index contributed by atoms with van der Waals surface area (Å²) in [7, 11) is 0. The van der Waals surface area contributed by atoms with Gasteiger partial charge in [0.05, 0.1) is 22.7 Å². The first-order chi connectivity index (χ1) is 18.5. The van der Waals surface area contributed by atoms with Crippen LogP contribution in [0.15, 0.2) is 53.9 Å². The number of carbonyl (C=O) groups excluding carboxylic acids is 2. The van der Waals surface area contributed by atoms with Crippen LogP contribution in [0.25, 0.3) is 11.3 Å². The predicted octanol–water partition coefficient (Wildman–Crippen LogP) is 5.99. The molecule has 0 saturated carbocycles. The number of hydrogen-bond donors (Lipinski definition) is 0. The molecular formula is C31H37N3O3S. The van der Waals surface area contributed by atoms with Crippen molar-refractivity contribution in [1.29, 1.82) is 0 Å². The Kier molecular flexibility index (Phi) is 8.12. The normalized spacial score (nSPS) is 18.3. The van der Waals surface area contributed by atoms with E-state index in [0.29, 0.717) is 51.2 Å². The van der Waals surface area contributed by atoms with Crippen LogP contribution in [0.1, 0.15) is 60.0 Å². The molecule has 3 heterocycles. The Labute approximate surface area is 229 Å². The number of rotatable bonds is 3. The standard InChI is InChI=1S/C31H37N3O3S/c1-3-33-20-21-37-28-10-5-4-8-25(28)9-6-7-15-31(30(33)36)16-18-34(19-17-31)29(35)26-13-11-24(12-14-26)27-22-38-23(2)32-27/h4-5,8,10-14,22H,3,6-7,9,15-21H2,1-2H3. The molecule has 2 amide bonds. The van der Waals surface area contributed by atoms with Crippen LogP contribution in [-0.4, -0.2) is 59.4 Å². The zero-order valence-corrected chi connectivity index (χ0v) is 23.3. The van der Waals surface area contributed by atoms with Gasteiger partial charge in [0, 0.05) is 36.1 Å². The second kappa shape index (κ2) is 11.7. The Hall–Kier alpha value is -3.19. The van der Waals surface area contributed by atoms with Crippen LogP contribution < -0.4 is 4.74 Å². The minimum atomic E-state index is -0.405. The van der Waals surface area contributed by atoms with Gasteiger partial charge in [-0.25, -0.2) is 4.98 Å². The molecule has 2 aliphatic heterocycles. The molecule has 1 spiro atoms. The fourth-order valence-corrected chi connectivity index (χ4v) is 6.43. The average molecular weight is 532 g/mol. The summed E-state index contributed by atoms with van der Waals surface area (Å²) >= 11 is 1.63. The summed E-state index contributed by atoms with van der Waals surface area (Å²) in [6.07, 6.45) is 5.26. The van der Waals surface area contributed by atoms with E-state index in [-0.39, 0.29) is 11.8 Å². The van der Waals surface area contributed by atoms with Crippen molar-refractivity contribution in [3.8, 4) is 17.0 Å². The lowest BCUT2D eigenvalue weighted by Gasteiger charge is -2.43. The number of carbonyl (C=O) groups is 2. The highest BCUT2D eigenvalue weighted by Gasteiger charge is 2.43. The molecule has 2 aliphatic rings. The summed E-state index contributed by atoms with van der Waals surface area (Å²) in [5.41, 5.74) is 3.49. The Morgan fingerprint density at radius 1 is 1.03 bits per heavy atom. The maximum Gasteiger partial charge on any atom is 0.253 e. The van der Waals surface area contributed by atoms with E-state index in [1.165, 1.54) is 5.56 Å². The number of piperidine rings is 1. The second-order valence-corrected chi connectivity index (χ2v) is 11.5. The van der Waals surface area contributed by atoms with Crippen molar-refractivity contribution in [2.75, 3.05) is 32.8 Å². The molecule has 1 saturated heterocycles. The van der Waals surface area contributed by atoms with Crippen LogP contribution in [0.3, 0.4) is 0 Å². The van der Waals surface area contributed by atoms with Gasteiger partial charge < -0.3 is 14.5 Å². The minimum absolute atomic E-state index is 0.0406. The van der Waals surface area contributed by atoms with Gasteiger partial charge in [-0.3, -0.25) is 9.59 Å². The van der Waals surface area contributed by atoms with Crippen molar-refractivity contribution in [2.45, 2.75) is 52.4 Å². The van der Waals surface area contributed by atoms with Crippen LogP contribution in [0, 0.1) is 12.3 Å². The molecule has 0 unspecified atom stereocenters. The first-order valence-electron chi connectivity index (χ1n) is 13.8. The second-order valence-electron chi connectivity index (χ2n) is 10.4. The highest BCUT2D eigenvalue weighted by molar-refractivity contribution is 7.09. The molecule has 2 aromatic carbocycles. The van der Waals surface area contributed by atoms with E-state index in [1.807, 2.05) is 65.4 Å². The molecule has 1 aromatic heterocycles. The van der Waals surface area contributed by atoms with Gasteiger partial charge in [-0.05, 0) is 69.7 Å². The zero-order chi connectivity index (χ0) is 26.5. The Bertz CT molecular complexity index is 1260. The molecule has 200 valence electrons. The average Bonchev–Trinajstić information content (AvgIpc) is 3.39. The Morgan fingerprint density at radius 3 is 2.50 bits per heavy atom. The highest BCUT2D eigenvalue weighted by Crippen LogP contribution is 2.40. The van der Waals surface area contributed by atoms with Gasteiger partial charge in [0.15, 0.2) is 0 Å².